The van der Waals surface area contributed by atoms with Crippen molar-refractivity contribution in [3.8, 4) is 11.5 Å². The van der Waals surface area contributed by atoms with Gasteiger partial charge in [-0.15, -0.1) is 0 Å². The second-order valence-corrected chi connectivity index (χ2v) is 7.31. The number of hydrazone groups is 1. The molecule has 1 amide bonds. The van der Waals surface area contributed by atoms with Crippen LogP contribution in [0.5, 0.6) is 11.5 Å². The Hall–Kier alpha value is -2.58. The van der Waals surface area contributed by atoms with Gasteiger partial charge in [0.1, 0.15) is 16.0 Å². The van der Waals surface area contributed by atoms with Gasteiger partial charge in [-0.1, -0.05) is 44.2 Å². The molecule has 0 saturated carbocycles. The van der Waals surface area contributed by atoms with E-state index in [2.05, 4.69) is 47.7 Å². The fraction of sp³-hybridized carbons (Fsp3) is 0.143. The molecule has 4 N–H and O–H groups in total. The number of phenols is 2. The van der Waals surface area contributed by atoms with Crippen LogP contribution >= 0.6 is 31.9 Å². The Bertz CT molecular complexity index is 1040. The van der Waals surface area contributed by atoms with E-state index in [0.717, 1.165) is 16.5 Å². The molecule has 0 saturated heterocycles. The maximum absolute atomic E-state index is 11.9. The Balaban J connectivity index is 0.00000145. The molecule has 0 atom stereocenters. The summed E-state index contributed by atoms with van der Waals surface area (Å²) in [4.78, 5) is 11.9. The van der Waals surface area contributed by atoms with Crippen LogP contribution in [0.2, 0.25) is 0 Å². The molecule has 0 fully saturated rings. The Morgan fingerprint density at radius 3 is 2.45 bits per heavy atom. The maximum atomic E-state index is 11.9. The van der Waals surface area contributed by atoms with Gasteiger partial charge in [0.15, 0.2) is 0 Å². The van der Waals surface area contributed by atoms with Crippen LogP contribution in [0.3, 0.4) is 0 Å². The van der Waals surface area contributed by atoms with Gasteiger partial charge in [-0.2, -0.15) is 5.10 Å². The predicted octanol–water partition coefficient (Wildman–Crippen LogP) is 5.36. The lowest BCUT2D eigenvalue weighted by Crippen LogP contribution is -2.25. The van der Waals surface area contributed by atoms with Gasteiger partial charge in [-0.25, -0.2) is 5.43 Å². The highest BCUT2D eigenvalue weighted by molar-refractivity contribution is 9.11. The first-order valence-electron chi connectivity index (χ1n) is 8.90. The average Bonchev–Trinajstić information content (AvgIpc) is 2.75. The summed E-state index contributed by atoms with van der Waals surface area (Å²) in [5, 5.41) is 28.7. The minimum Gasteiger partial charge on any atom is -0.506 e. The Labute approximate surface area is 185 Å². The largest absolute Gasteiger partial charge is 0.506 e. The summed E-state index contributed by atoms with van der Waals surface area (Å²) in [7, 11) is 0. The van der Waals surface area contributed by atoms with Crippen LogP contribution in [0.4, 0.5) is 5.69 Å². The van der Waals surface area contributed by atoms with E-state index in [1.807, 2.05) is 56.3 Å². The van der Waals surface area contributed by atoms with E-state index in [9.17, 15) is 15.0 Å². The van der Waals surface area contributed by atoms with Crippen molar-refractivity contribution < 1.29 is 15.0 Å². The van der Waals surface area contributed by atoms with Crippen molar-refractivity contribution in [1.82, 2.24) is 5.43 Å². The predicted molar refractivity (Wildman–Crippen MR) is 125 cm³/mol. The van der Waals surface area contributed by atoms with Gasteiger partial charge in [0.2, 0.25) is 0 Å². The lowest BCUT2D eigenvalue weighted by atomic mass is 10.1. The average molecular weight is 523 g/mol. The lowest BCUT2D eigenvalue weighted by Gasteiger charge is -2.07. The van der Waals surface area contributed by atoms with Gasteiger partial charge in [0, 0.05) is 11.3 Å². The normalized spacial score (nSPS) is 10.5. The van der Waals surface area contributed by atoms with E-state index >= 15 is 0 Å². The minimum absolute atomic E-state index is 0.0463. The van der Waals surface area contributed by atoms with Gasteiger partial charge in [-0.3, -0.25) is 4.79 Å². The molecule has 3 aromatic carbocycles. The zero-order chi connectivity index (χ0) is 21.4. The van der Waals surface area contributed by atoms with Crippen LogP contribution < -0.4 is 10.7 Å². The molecule has 0 aromatic heterocycles. The molecule has 0 radical (unpaired) electrons. The monoisotopic (exact) mass is 521 g/mol. The van der Waals surface area contributed by atoms with Crippen LogP contribution in [0, 0.1) is 0 Å². The van der Waals surface area contributed by atoms with Gasteiger partial charge >= 0.3 is 0 Å². The first kappa shape index (κ1) is 22.7. The van der Waals surface area contributed by atoms with Crippen LogP contribution in [0.25, 0.3) is 10.8 Å². The molecule has 8 heteroatoms. The zero-order valence-corrected chi connectivity index (χ0v) is 19.1. The highest BCUT2D eigenvalue weighted by atomic mass is 79.9. The number of benzene rings is 3. The standard InChI is InChI=1S/C19H15Br2N3O3.C2H6/c20-15-8-13(18(26)17(21)19(15)27)9-23-24-16(25)10-22-14-6-5-11-3-1-2-4-12(11)7-14;1-2/h1-9,22,26-27H,10H2,(H,24,25);1-2H3/b23-9-;. The number of rotatable bonds is 5. The third-order valence-electron chi connectivity index (χ3n) is 3.79. The summed E-state index contributed by atoms with van der Waals surface area (Å²) in [6.45, 7) is 4.05. The SMILES string of the molecule is CC.O=C(CNc1ccc2ccccc2c1)N/N=C\c1cc(Br)c(O)c(Br)c1O. The van der Waals surface area contributed by atoms with Crippen LogP contribution in [0.15, 0.2) is 62.6 Å². The Morgan fingerprint density at radius 2 is 1.72 bits per heavy atom. The number of phenolic OH excluding ortho intramolecular Hbond substituents is 2. The first-order valence-corrected chi connectivity index (χ1v) is 10.5. The molecule has 0 spiro atoms. The lowest BCUT2D eigenvalue weighted by molar-refractivity contribution is -0.119. The zero-order valence-electron chi connectivity index (χ0n) is 15.9. The fourth-order valence-corrected chi connectivity index (χ4v) is 3.56. The molecule has 0 heterocycles. The highest BCUT2D eigenvalue weighted by Crippen LogP contribution is 2.40. The van der Waals surface area contributed by atoms with Crippen LogP contribution in [-0.4, -0.2) is 28.9 Å². The molecule has 29 heavy (non-hydrogen) atoms. The summed E-state index contributed by atoms with van der Waals surface area (Å²) in [6.07, 6.45) is 1.29. The minimum atomic E-state index is -0.337. The molecule has 0 aliphatic heterocycles. The number of anilines is 1. The number of carbonyl (C=O) groups is 1. The summed E-state index contributed by atoms with van der Waals surface area (Å²) in [6, 6.07) is 15.3. The van der Waals surface area contributed by atoms with E-state index in [1.54, 1.807) is 0 Å². The summed E-state index contributed by atoms with van der Waals surface area (Å²) in [5.74, 6) is -0.632. The molecule has 0 bridgehead atoms. The van der Waals surface area contributed by atoms with E-state index in [1.165, 1.54) is 12.3 Å². The number of halogens is 2. The smallest absolute Gasteiger partial charge is 0.259 e. The van der Waals surface area contributed by atoms with Gasteiger partial charge in [-0.05, 0) is 60.8 Å². The Morgan fingerprint density at radius 1 is 1.03 bits per heavy atom. The second-order valence-electron chi connectivity index (χ2n) is 5.67. The molecule has 0 aliphatic rings. The number of hydrogen-bond donors (Lipinski definition) is 4. The number of hydrogen-bond acceptors (Lipinski definition) is 5. The van der Waals surface area contributed by atoms with Gasteiger partial charge in [0.05, 0.1) is 17.2 Å². The molecule has 6 nitrogen and oxygen atoms in total. The Kier molecular flexibility index (Phi) is 8.48. The molecular weight excluding hydrogens is 502 g/mol. The number of carbonyl (C=O) groups excluding carboxylic acids is 1. The summed E-state index contributed by atoms with van der Waals surface area (Å²) >= 11 is 6.25. The number of aromatic hydroxyl groups is 2. The summed E-state index contributed by atoms with van der Waals surface area (Å²) < 4.78 is 0.528. The first-order chi connectivity index (χ1) is 14.0. The molecule has 0 aliphatic carbocycles. The van der Waals surface area contributed by atoms with Crippen LogP contribution in [0.1, 0.15) is 19.4 Å². The van der Waals surface area contributed by atoms with E-state index in [4.69, 9.17) is 0 Å². The van der Waals surface area contributed by atoms with Crippen molar-refractivity contribution in [2.75, 3.05) is 11.9 Å². The fourth-order valence-electron chi connectivity index (χ4n) is 2.41. The number of nitrogens with one attached hydrogen (secondary N) is 2. The van der Waals surface area contributed by atoms with Crippen molar-refractivity contribution >= 4 is 60.4 Å². The molecule has 3 aromatic rings. The summed E-state index contributed by atoms with van der Waals surface area (Å²) in [5.41, 5.74) is 3.54. The van der Waals surface area contributed by atoms with E-state index < -0.39 is 0 Å². The number of fused-ring (bicyclic) bond motifs is 1. The second kappa shape index (κ2) is 10.8. The van der Waals surface area contributed by atoms with Crippen molar-refractivity contribution in [2.24, 2.45) is 5.10 Å². The quantitative estimate of drug-likeness (QED) is 0.268. The molecule has 3 rings (SSSR count). The van der Waals surface area contributed by atoms with E-state index in [-0.39, 0.29) is 28.4 Å². The van der Waals surface area contributed by atoms with Crippen molar-refractivity contribution in [3.05, 3.63) is 63.0 Å². The maximum Gasteiger partial charge on any atom is 0.259 e. The van der Waals surface area contributed by atoms with Gasteiger partial charge < -0.3 is 15.5 Å². The third kappa shape index (κ3) is 5.95. The molecule has 152 valence electrons. The van der Waals surface area contributed by atoms with Crippen molar-refractivity contribution in [2.45, 2.75) is 13.8 Å². The van der Waals surface area contributed by atoms with Crippen molar-refractivity contribution in [1.29, 1.82) is 0 Å². The highest BCUT2D eigenvalue weighted by Gasteiger charge is 2.12. The topological polar surface area (TPSA) is 94.0 Å². The number of amides is 1. The van der Waals surface area contributed by atoms with Crippen LogP contribution in [-0.2, 0) is 4.79 Å². The van der Waals surface area contributed by atoms with E-state index in [0.29, 0.717) is 10.0 Å². The molecule has 0 unspecified atom stereocenters. The third-order valence-corrected chi connectivity index (χ3v) is 5.15. The molecular formula is C21H21Br2N3O3. The van der Waals surface area contributed by atoms with Crippen molar-refractivity contribution in [3.63, 3.8) is 0 Å². The number of nitrogens with zero attached hydrogens (tertiary/aromatic N) is 1. The van der Waals surface area contributed by atoms with Gasteiger partial charge in [0.25, 0.3) is 5.91 Å².